The molecule has 0 aromatic carbocycles. The van der Waals surface area contributed by atoms with Crippen LogP contribution in [0.15, 0.2) is 23.2 Å². The van der Waals surface area contributed by atoms with Crippen LogP contribution in [0.3, 0.4) is 0 Å². The highest BCUT2D eigenvalue weighted by molar-refractivity contribution is 7.91. The Morgan fingerprint density at radius 1 is 1.24 bits per heavy atom. The fourth-order valence-corrected chi connectivity index (χ4v) is 3.32. The van der Waals surface area contributed by atoms with Crippen LogP contribution in [-0.4, -0.2) is 58.3 Å². The van der Waals surface area contributed by atoms with Gasteiger partial charge < -0.3 is 5.32 Å². The van der Waals surface area contributed by atoms with Gasteiger partial charge in [0.2, 0.25) is 10.0 Å². The Morgan fingerprint density at radius 3 is 2.38 bits per heavy atom. The fourth-order valence-electron chi connectivity index (χ4n) is 1.49. The monoisotopic (exact) mass is 335 g/mol. The Bertz CT molecular complexity index is 654. The van der Waals surface area contributed by atoms with Gasteiger partial charge in [-0.15, -0.1) is 0 Å². The number of hydrogen-bond donors (Lipinski definition) is 1. The third-order valence-electron chi connectivity index (χ3n) is 2.78. The number of hydrogen-bond acceptors (Lipinski definition) is 6. The molecule has 0 aliphatic rings. The number of aromatic nitrogens is 1. The van der Waals surface area contributed by atoms with E-state index in [1.165, 1.54) is 19.3 Å². The molecule has 0 aliphatic carbocycles. The second kappa shape index (κ2) is 7.19. The molecular formula is C12H21N3O4S2. The summed E-state index contributed by atoms with van der Waals surface area (Å²) in [4.78, 5) is 4.08. The number of nitrogens with zero attached hydrogens (tertiary/aromatic N) is 2. The largest absolute Gasteiger partial charge is 0.370 e. The molecule has 0 spiro atoms. The number of pyridine rings is 1. The molecule has 21 heavy (non-hydrogen) atoms. The molecule has 0 radical (unpaired) electrons. The van der Waals surface area contributed by atoms with Gasteiger partial charge in [0.05, 0.1) is 5.75 Å². The Hall–Kier alpha value is -1.19. The molecule has 0 aliphatic heterocycles. The van der Waals surface area contributed by atoms with Crippen LogP contribution in [0.2, 0.25) is 0 Å². The van der Waals surface area contributed by atoms with Gasteiger partial charge in [-0.3, -0.25) is 0 Å². The number of nitrogens with one attached hydrogen (secondary N) is 1. The van der Waals surface area contributed by atoms with Gasteiger partial charge in [0.15, 0.2) is 0 Å². The van der Waals surface area contributed by atoms with Crippen LogP contribution in [0.25, 0.3) is 0 Å². The molecule has 0 bridgehead atoms. The van der Waals surface area contributed by atoms with E-state index in [1.807, 2.05) is 6.92 Å². The first-order valence-corrected chi connectivity index (χ1v) is 10.0. The van der Waals surface area contributed by atoms with Crippen molar-refractivity contribution in [3.8, 4) is 0 Å². The van der Waals surface area contributed by atoms with Crippen LogP contribution in [-0.2, 0) is 19.9 Å². The molecule has 0 saturated carbocycles. The van der Waals surface area contributed by atoms with Crippen molar-refractivity contribution in [1.29, 1.82) is 0 Å². The zero-order valence-corrected chi connectivity index (χ0v) is 14.0. The number of rotatable bonds is 8. The van der Waals surface area contributed by atoms with Gasteiger partial charge in [-0.05, 0) is 18.6 Å². The zero-order chi connectivity index (χ0) is 16.1. The van der Waals surface area contributed by atoms with Crippen LogP contribution in [0, 0.1) is 0 Å². The maximum absolute atomic E-state index is 12.2. The van der Waals surface area contributed by atoms with Crippen LogP contribution >= 0.6 is 0 Å². The van der Waals surface area contributed by atoms with Crippen LogP contribution < -0.4 is 5.32 Å². The Kier molecular flexibility index (Phi) is 6.11. The van der Waals surface area contributed by atoms with E-state index in [1.54, 1.807) is 6.07 Å². The van der Waals surface area contributed by atoms with Gasteiger partial charge >= 0.3 is 0 Å². The van der Waals surface area contributed by atoms with Gasteiger partial charge in [0, 0.05) is 32.6 Å². The van der Waals surface area contributed by atoms with Crippen molar-refractivity contribution < 1.29 is 16.8 Å². The van der Waals surface area contributed by atoms with Crippen molar-refractivity contribution in [2.24, 2.45) is 0 Å². The molecule has 0 saturated heterocycles. The Balaban J connectivity index is 2.82. The molecule has 0 amide bonds. The average Bonchev–Trinajstić information content (AvgIpc) is 2.42. The highest BCUT2D eigenvalue weighted by Crippen LogP contribution is 2.15. The topological polar surface area (TPSA) is 96.4 Å². The molecule has 1 N–H and O–H groups in total. The third-order valence-corrected chi connectivity index (χ3v) is 5.54. The van der Waals surface area contributed by atoms with Gasteiger partial charge in [-0.25, -0.2) is 21.8 Å². The first-order chi connectivity index (χ1) is 9.66. The maximum Gasteiger partial charge on any atom is 0.244 e. The molecule has 7 nitrogen and oxygen atoms in total. The first-order valence-electron chi connectivity index (χ1n) is 6.51. The second-order valence-electron chi connectivity index (χ2n) is 4.76. The lowest BCUT2D eigenvalue weighted by molar-refractivity contribution is 0.484. The SMILES string of the molecule is CCCNc1ccc(S(=O)(=O)N(C)CCS(C)(=O)=O)cn1. The molecule has 0 unspecified atom stereocenters. The molecule has 120 valence electrons. The van der Waals surface area contributed by atoms with E-state index in [-0.39, 0.29) is 17.2 Å². The van der Waals surface area contributed by atoms with E-state index in [4.69, 9.17) is 0 Å². The maximum atomic E-state index is 12.2. The van der Waals surface area contributed by atoms with E-state index >= 15 is 0 Å². The molecule has 1 aromatic heterocycles. The van der Waals surface area contributed by atoms with Crippen molar-refractivity contribution in [3.63, 3.8) is 0 Å². The molecular weight excluding hydrogens is 314 g/mol. The highest BCUT2D eigenvalue weighted by atomic mass is 32.2. The van der Waals surface area contributed by atoms with Gasteiger partial charge in [-0.1, -0.05) is 6.92 Å². The summed E-state index contributed by atoms with van der Waals surface area (Å²) in [5.74, 6) is 0.390. The summed E-state index contributed by atoms with van der Waals surface area (Å²) in [5.41, 5.74) is 0. The van der Waals surface area contributed by atoms with Crippen molar-refractivity contribution in [1.82, 2.24) is 9.29 Å². The average molecular weight is 335 g/mol. The van der Waals surface area contributed by atoms with E-state index in [0.717, 1.165) is 23.5 Å². The number of anilines is 1. The summed E-state index contributed by atoms with van der Waals surface area (Å²) < 4.78 is 47.7. The lowest BCUT2D eigenvalue weighted by Crippen LogP contribution is -2.31. The lowest BCUT2D eigenvalue weighted by atomic mass is 10.4. The molecule has 0 atom stereocenters. The van der Waals surface area contributed by atoms with Crippen molar-refractivity contribution >= 4 is 25.7 Å². The summed E-state index contributed by atoms with van der Waals surface area (Å²) in [5, 5.41) is 3.05. The summed E-state index contributed by atoms with van der Waals surface area (Å²) in [7, 11) is -5.58. The summed E-state index contributed by atoms with van der Waals surface area (Å²) >= 11 is 0. The molecule has 0 fully saturated rings. The first kappa shape index (κ1) is 17.9. The van der Waals surface area contributed by atoms with Crippen LogP contribution in [0.4, 0.5) is 5.82 Å². The van der Waals surface area contributed by atoms with E-state index in [0.29, 0.717) is 5.82 Å². The van der Waals surface area contributed by atoms with Crippen molar-refractivity contribution in [2.45, 2.75) is 18.2 Å². The smallest absolute Gasteiger partial charge is 0.244 e. The summed E-state index contributed by atoms with van der Waals surface area (Å²) in [6.07, 6.45) is 3.28. The Morgan fingerprint density at radius 2 is 1.90 bits per heavy atom. The predicted molar refractivity (Wildman–Crippen MR) is 82.5 cm³/mol. The summed E-state index contributed by atoms with van der Waals surface area (Å²) in [6, 6.07) is 3.05. The van der Waals surface area contributed by atoms with E-state index in [2.05, 4.69) is 10.3 Å². The third kappa shape index (κ3) is 5.60. The molecule has 9 heteroatoms. The number of sulfonamides is 1. The fraction of sp³-hybridized carbons (Fsp3) is 0.583. The van der Waals surface area contributed by atoms with Crippen LogP contribution in [0.1, 0.15) is 13.3 Å². The molecule has 1 rings (SSSR count). The molecule has 1 heterocycles. The lowest BCUT2D eigenvalue weighted by Gasteiger charge is -2.16. The normalized spacial score (nSPS) is 12.6. The second-order valence-corrected chi connectivity index (χ2v) is 9.07. The summed E-state index contributed by atoms with van der Waals surface area (Å²) in [6.45, 7) is 2.69. The standard InChI is InChI=1S/C12H21N3O4S2/c1-4-7-13-12-6-5-11(10-14-12)21(18,19)15(2)8-9-20(3,16)17/h5-6,10H,4,7-9H2,1-3H3,(H,13,14). The minimum absolute atomic E-state index is 0.0422. The van der Waals surface area contributed by atoms with Crippen LogP contribution in [0.5, 0.6) is 0 Å². The van der Waals surface area contributed by atoms with E-state index < -0.39 is 19.9 Å². The highest BCUT2D eigenvalue weighted by Gasteiger charge is 2.22. The van der Waals surface area contributed by atoms with Crippen molar-refractivity contribution in [2.75, 3.05) is 37.5 Å². The minimum atomic E-state index is -3.72. The molecule has 1 aromatic rings. The quantitative estimate of drug-likeness (QED) is 0.746. The van der Waals surface area contributed by atoms with Gasteiger partial charge in [0.1, 0.15) is 20.6 Å². The predicted octanol–water partition coefficient (Wildman–Crippen LogP) is 0.569. The minimum Gasteiger partial charge on any atom is -0.370 e. The zero-order valence-electron chi connectivity index (χ0n) is 12.4. The van der Waals surface area contributed by atoms with Gasteiger partial charge in [0.25, 0.3) is 0 Å². The van der Waals surface area contributed by atoms with Crippen molar-refractivity contribution in [3.05, 3.63) is 18.3 Å². The Labute approximate surface area is 126 Å². The number of sulfone groups is 1. The van der Waals surface area contributed by atoms with Gasteiger partial charge in [-0.2, -0.15) is 4.31 Å². The van der Waals surface area contributed by atoms with E-state index in [9.17, 15) is 16.8 Å².